The van der Waals surface area contributed by atoms with Crippen LogP contribution in [0.1, 0.15) is 43.6 Å². The van der Waals surface area contributed by atoms with E-state index in [9.17, 15) is 13.2 Å². The topological polar surface area (TPSA) is 122 Å². The zero-order chi connectivity index (χ0) is 19.7. The Hall–Kier alpha value is -2.45. The summed E-state index contributed by atoms with van der Waals surface area (Å²) in [5.41, 5.74) is 7.07. The van der Waals surface area contributed by atoms with Gasteiger partial charge < -0.3 is 10.8 Å². The lowest BCUT2D eigenvalue weighted by Crippen LogP contribution is -2.28. The lowest BCUT2D eigenvalue weighted by Gasteiger charge is -2.18. The summed E-state index contributed by atoms with van der Waals surface area (Å²) in [4.78, 5) is 14.9. The highest BCUT2D eigenvalue weighted by Gasteiger charge is 2.18. The van der Waals surface area contributed by atoms with Crippen molar-refractivity contribution in [1.82, 2.24) is 9.71 Å². The Morgan fingerprint density at radius 1 is 1.15 bits per heavy atom. The molecule has 1 atom stereocenters. The number of nitrogens with zero attached hydrogens (tertiary/aromatic N) is 1. The first kappa shape index (κ1) is 20.9. The van der Waals surface area contributed by atoms with Crippen LogP contribution in [-0.2, 0) is 14.8 Å². The van der Waals surface area contributed by atoms with Gasteiger partial charge in [0, 0.05) is 31.0 Å². The van der Waals surface area contributed by atoms with E-state index < -0.39 is 16.0 Å². The number of unbranched alkanes of at least 4 members (excludes halogenated alkanes) is 2. The molecule has 2 rings (SSSR count). The van der Waals surface area contributed by atoms with E-state index in [1.807, 2.05) is 12.1 Å². The fourth-order valence-electron chi connectivity index (χ4n) is 2.79. The molecule has 0 aliphatic rings. The van der Waals surface area contributed by atoms with Crippen molar-refractivity contribution in [3.8, 4) is 0 Å². The minimum atomic E-state index is -3.63. The van der Waals surface area contributed by atoms with Crippen LogP contribution in [0.25, 0.3) is 0 Å². The maximum atomic E-state index is 12.5. The number of carboxylic acid groups (broad SMARTS) is 1. The first-order chi connectivity index (χ1) is 12.9. The van der Waals surface area contributed by atoms with Gasteiger partial charge in [-0.05, 0) is 54.7 Å². The van der Waals surface area contributed by atoms with E-state index in [0.717, 1.165) is 24.8 Å². The Balaban J connectivity index is 1.99. The highest BCUT2D eigenvalue weighted by atomic mass is 32.2. The van der Waals surface area contributed by atoms with Gasteiger partial charge in [-0.15, -0.1) is 0 Å². The second-order valence-electron chi connectivity index (χ2n) is 6.40. The van der Waals surface area contributed by atoms with Crippen LogP contribution in [0.3, 0.4) is 0 Å². The van der Waals surface area contributed by atoms with Crippen LogP contribution >= 0.6 is 0 Å². The summed E-state index contributed by atoms with van der Waals surface area (Å²) in [5, 5.41) is 8.71. The van der Waals surface area contributed by atoms with Crippen LogP contribution in [0, 0.1) is 0 Å². The molecular formula is C19H25N3O4S. The number of nitrogen functional groups attached to an aromatic ring is 1. The number of anilines is 1. The van der Waals surface area contributed by atoms with Crippen LogP contribution in [0.5, 0.6) is 0 Å². The number of hydrogen-bond acceptors (Lipinski definition) is 5. The molecule has 1 aromatic carbocycles. The van der Waals surface area contributed by atoms with Crippen molar-refractivity contribution >= 4 is 21.7 Å². The number of rotatable bonds is 11. The van der Waals surface area contributed by atoms with Gasteiger partial charge in [-0.3, -0.25) is 9.78 Å². The molecule has 0 fully saturated rings. The minimum absolute atomic E-state index is 0.0351. The molecule has 7 nitrogen and oxygen atoms in total. The fraction of sp³-hybridized carbons (Fsp3) is 0.368. The van der Waals surface area contributed by atoms with Crippen LogP contribution in [-0.4, -0.2) is 31.0 Å². The zero-order valence-corrected chi connectivity index (χ0v) is 15.9. The van der Waals surface area contributed by atoms with Crippen molar-refractivity contribution in [1.29, 1.82) is 0 Å². The molecule has 0 saturated carbocycles. The van der Waals surface area contributed by atoms with Gasteiger partial charge in [0.25, 0.3) is 0 Å². The van der Waals surface area contributed by atoms with Crippen molar-refractivity contribution in [2.24, 2.45) is 0 Å². The van der Waals surface area contributed by atoms with E-state index in [-0.39, 0.29) is 23.8 Å². The van der Waals surface area contributed by atoms with E-state index in [2.05, 4.69) is 9.71 Å². The normalized spacial score (nSPS) is 12.6. The molecule has 0 radical (unpaired) electrons. The van der Waals surface area contributed by atoms with E-state index in [0.29, 0.717) is 12.1 Å². The average molecular weight is 391 g/mol. The van der Waals surface area contributed by atoms with Gasteiger partial charge in [0.1, 0.15) is 0 Å². The summed E-state index contributed by atoms with van der Waals surface area (Å²) in [6, 6.07) is 9.80. The number of sulfonamides is 1. The fourth-order valence-corrected chi connectivity index (χ4v) is 3.87. The molecule has 2 aromatic rings. The van der Waals surface area contributed by atoms with Crippen molar-refractivity contribution < 1.29 is 18.3 Å². The third-order valence-electron chi connectivity index (χ3n) is 4.31. The maximum absolute atomic E-state index is 12.5. The van der Waals surface area contributed by atoms with Gasteiger partial charge >= 0.3 is 5.97 Å². The number of aromatic nitrogens is 1. The lowest BCUT2D eigenvalue weighted by atomic mass is 9.94. The third-order valence-corrected chi connectivity index (χ3v) is 5.75. The van der Waals surface area contributed by atoms with Crippen LogP contribution in [0.4, 0.5) is 5.69 Å². The van der Waals surface area contributed by atoms with Crippen LogP contribution in [0.2, 0.25) is 0 Å². The molecule has 0 saturated heterocycles. The van der Waals surface area contributed by atoms with E-state index in [1.165, 1.54) is 12.1 Å². The number of nitrogens with one attached hydrogen (secondary N) is 1. The molecule has 1 unspecified atom stereocenters. The zero-order valence-electron chi connectivity index (χ0n) is 15.0. The van der Waals surface area contributed by atoms with Crippen molar-refractivity contribution in [3.05, 3.63) is 54.4 Å². The molecule has 0 spiro atoms. The van der Waals surface area contributed by atoms with Gasteiger partial charge in [-0.2, -0.15) is 0 Å². The molecule has 4 N–H and O–H groups in total. The minimum Gasteiger partial charge on any atom is -0.481 e. The number of pyridine rings is 1. The SMILES string of the molecule is Nc1ccc(S(=O)(=O)NCC(CCCCCC(=O)O)c2cccnc2)cc1. The van der Waals surface area contributed by atoms with Gasteiger partial charge in [-0.1, -0.05) is 18.9 Å². The van der Waals surface area contributed by atoms with Crippen molar-refractivity contribution in [3.63, 3.8) is 0 Å². The summed E-state index contributed by atoms with van der Waals surface area (Å²) >= 11 is 0. The molecule has 1 heterocycles. The van der Waals surface area contributed by atoms with Gasteiger partial charge in [0.05, 0.1) is 4.90 Å². The first-order valence-corrected chi connectivity index (χ1v) is 10.3. The molecule has 27 heavy (non-hydrogen) atoms. The molecule has 146 valence electrons. The Labute approximate surface area is 159 Å². The van der Waals surface area contributed by atoms with Gasteiger partial charge in [0.15, 0.2) is 0 Å². The number of carbonyl (C=O) groups is 1. The second kappa shape index (κ2) is 10.0. The van der Waals surface area contributed by atoms with Crippen LogP contribution in [0.15, 0.2) is 53.7 Å². The van der Waals surface area contributed by atoms with Crippen molar-refractivity contribution in [2.45, 2.75) is 42.9 Å². The first-order valence-electron chi connectivity index (χ1n) is 8.85. The van der Waals surface area contributed by atoms with E-state index >= 15 is 0 Å². The smallest absolute Gasteiger partial charge is 0.303 e. The van der Waals surface area contributed by atoms with Gasteiger partial charge in [-0.25, -0.2) is 13.1 Å². The molecule has 0 amide bonds. The van der Waals surface area contributed by atoms with Gasteiger partial charge in [0.2, 0.25) is 10.0 Å². The highest BCUT2D eigenvalue weighted by Crippen LogP contribution is 2.22. The number of benzene rings is 1. The highest BCUT2D eigenvalue weighted by molar-refractivity contribution is 7.89. The molecule has 0 bridgehead atoms. The molecule has 0 aliphatic heterocycles. The standard InChI is InChI=1S/C19H25N3O4S/c20-17-8-10-18(11-9-17)27(25,26)22-14-16(15-6-4-12-21-13-15)5-2-1-3-7-19(23)24/h4,6,8-13,16,22H,1-3,5,7,14,20H2,(H,23,24). The Bertz CT molecular complexity index is 824. The largest absolute Gasteiger partial charge is 0.481 e. The Kier molecular flexibility index (Phi) is 7.75. The third kappa shape index (κ3) is 6.99. The molecule has 0 aliphatic carbocycles. The number of carboxylic acids is 1. The van der Waals surface area contributed by atoms with E-state index in [4.69, 9.17) is 10.8 Å². The predicted molar refractivity (Wildman–Crippen MR) is 104 cm³/mol. The van der Waals surface area contributed by atoms with E-state index in [1.54, 1.807) is 24.5 Å². The summed E-state index contributed by atoms with van der Waals surface area (Å²) in [5.74, 6) is -0.831. The maximum Gasteiger partial charge on any atom is 0.303 e. The molecule has 8 heteroatoms. The molecule has 1 aromatic heterocycles. The summed E-state index contributed by atoms with van der Waals surface area (Å²) in [6.07, 6.45) is 6.53. The predicted octanol–water partition coefficient (Wildman–Crippen LogP) is 2.76. The van der Waals surface area contributed by atoms with Crippen LogP contribution < -0.4 is 10.5 Å². The number of nitrogens with two attached hydrogens (primary N) is 1. The number of aliphatic carboxylic acids is 1. The Morgan fingerprint density at radius 3 is 2.52 bits per heavy atom. The summed E-state index contributed by atoms with van der Waals surface area (Å²) < 4.78 is 27.7. The monoisotopic (exact) mass is 391 g/mol. The lowest BCUT2D eigenvalue weighted by molar-refractivity contribution is -0.137. The molecular weight excluding hydrogens is 366 g/mol. The summed E-state index contributed by atoms with van der Waals surface area (Å²) in [6.45, 7) is 0.247. The average Bonchev–Trinajstić information content (AvgIpc) is 2.64. The second-order valence-corrected chi connectivity index (χ2v) is 8.16. The quantitative estimate of drug-likeness (QED) is 0.400. The number of hydrogen-bond donors (Lipinski definition) is 3. The van der Waals surface area contributed by atoms with Crippen molar-refractivity contribution in [2.75, 3.05) is 12.3 Å². The Morgan fingerprint density at radius 2 is 1.89 bits per heavy atom. The summed E-state index contributed by atoms with van der Waals surface area (Å²) in [7, 11) is -3.63.